The lowest BCUT2D eigenvalue weighted by molar-refractivity contribution is -0.119. The number of aliphatic imine (C=N–C) groups is 3. The maximum atomic E-state index is 12.7. The van der Waals surface area contributed by atoms with Gasteiger partial charge in [0.15, 0.2) is 51.1 Å². The van der Waals surface area contributed by atoms with Crippen LogP contribution in [0.2, 0.25) is 0 Å². The maximum absolute atomic E-state index is 12.7. The van der Waals surface area contributed by atoms with E-state index in [2.05, 4.69) is 218 Å². The summed E-state index contributed by atoms with van der Waals surface area (Å²) in [5.41, 5.74) is 37.2. The van der Waals surface area contributed by atoms with Gasteiger partial charge in [-0.05, 0) is 196 Å². The third kappa shape index (κ3) is 30.4. The topological polar surface area (TPSA) is 568 Å². The van der Waals surface area contributed by atoms with Gasteiger partial charge < -0.3 is 102 Å². The number of amides is 3. The number of H-pyrrole nitrogens is 2. The summed E-state index contributed by atoms with van der Waals surface area (Å²) < 4.78 is 29.5. The molecule has 15 N–H and O–H groups in total. The van der Waals surface area contributed by atoms with Gasteiger partial charge in [0, 0.05) is 96.5 Å². The molecule has 46 heteroatoms. The highest BCUT2D eigenvalue weighted by Crippen LogP contribution is 2.27. The largest absolute Gasteiger partial charge is 0.476 e. The molecule has 5 aliphatic rings. The highest BCUT2D eigenvalue weighted by atomic mass is 19.1. The lowest BCUT2D eigenvalue weighted by Gasteiger charge is -2.31. The fraction of sp³-hybridized carbons (Fsp3) is 0.427. The van der Waals surface area contributed by atoms with Gasteiger partial charge in [-0.3, -0.25) is 24.0 Å². The van der Waals surface area contributed by atoms with E-state index in [9.17, 15) is 28.4 Å². The number of hydrogen-bond donors (Lipinski definition) is 10. The van der Waals surface area contributed by atoms with Crippen LogP contribution in [-0.4, -0.2) is 209 Å². The number of hydrogen-bond acceptors (Lipinski definition) is 34. The van der Waals surface area contributed by atoms with E-state index in [4.69, 9.17) is 33.4 Å². The number of ether oxygens (including phenoxy) is 1. The summed E-state index contributed by atoms with van der Waals surface area (Å²) in [6, 6.07) is 6.68. The van der Waals surface area contributed by atoms with Crippen molar-refractivity contribution in [1.82, 2.24) is 153 Å². The van der Waals surface area contributed by atoms with Gasteiger partial charge in [0.25, 0.3) is 28.8 Å². The zero-order valence-electron chi connectivity index (χ0n) is 86.0. The fourth-order valence-corrected chi connectivity index (χ4v) is 13.4. The quantitative estimate of drug-likeness (QED) is 0.0512. The van der Waals surface area contributed by atoms with E-state index in [1.54, 1.807) is 80.3 Å². The molecule has 764 valence electrons. The molecule has 3 amide bonds. The minimum Gasteiger partial charge on any atom is -0.476 e. The Morgan fingerprint density at radius 2 is 0.901 bits per heavy atom. The molecule has 0 fully saturated rings. The van der Waals surface area contributed by atoms with Crippen LogP contribution in [0.1, 0.15) is 244 Å². The summed E-state index contributed by atoms with van der Waals surface area (Å²) in [6.45, 7) is 75.1. The van der Waals surface area contributed by atoms with Gasteiger partial charge in [-0.1, -0.05) is 68.0 Å². The number of anilines is 3. The number of aromatic nitrogens is 23. The zero-order valence-corrected chi connectivity index (χ0v) is 86.0. The van der Waals surface area contributed by atoms with Crippen LogP contribution in [0.15, 0.2) is 191 Å². The van der Waals surface area contributed by atoms with E-state index >= 15 is 0 Å². The number of nitrogens with one attached hydrogen (secondary N) is 5. The van der Waals surface area contributed by atoms with E-state index in [0.717, 1.165) is 51.1 Å². The summed E-state index contributed by atoms with van der Waals surface area (Å²) in [4.78, 5) is 136. The molecule has 142 heavy (non-hydrogen) atoms. The first-order valence-electron chi connectivity index (χ1n) is 45.8. The van der Waals surface area contributed by atoms with E-state index in [-0.39, 0.29) is 48.4 Å². The standard InChI is InChI=1S/C11H16N4O.C9H13N5.2C9H12N4O.C9H12N4.C9H14N2O.C8H11FN2O.C8H11N5.C8H13N3.C8H12N2O.C7H12N4.CH4/c1-5-16-11-9-10(13-8(4)14-11)15(6-12-9)7(2)3;1-5(2)14-4-11-7-8(10)12-6(3)13-9(7)14;1-5(2)13-4-10-7-8(13)11-6(3)12-9(7)14;1-5(2)7-4-10-8-9(14)11-6(3)12-13(7)8;1-6(2)7-3-4-8-9(10)11-5-12-13(7)8;1-6(2)11-5-7(3)9(12)10-8(11)4;1-5(2)11-4-7(9)8(12)10-6(11)3;1-5(2)13-4-12-6-7(9)10-3-11-8(6)13;1-6(2)11-5-4-8(9)10-7(11)3;1-6(2)10-5-4-8(11)9-7(10)3;1-5(2)11-4-9-7(8)10-6(11)3;/h6-7H,5H2,1-4H3;4-5H,1-3H3,(H2,10,12,13);2*4-5H,1-3H3,(H,11,12,14);3-6H,1-2H3,(H2,10,11,12);5-6H,4H2,1-3H3,(H,10,12);4-5H,3H2,1-2H3,(H,10,12);3-5H,1-2H3,(H2,9,10,11);4-6H,3H2,1-2H3,(H2,9,10);4-6H,3H2,1-2H3,(H,9,11);4-5H,3H2,1-2H3,(H2,8,10);1H4. The Labute approximate surface area is 826 Å². The van der Waals surface area contributed by atoms with Crippen LogP contribution in [0, 0.1) is 27.7 Å². The molecule has 0 spiro atoms. The minimum atomic E-state index is -0.781. The second-order valence-electron chi connectivity index (χ2n) is 35.5. The van der Waals surface area contributed by atoms with Crippen molar-refractivity contribution in [2.75, 3.05) is 23.8 Å². The van der Waals surface area contributed by atoms with Gasteiger partial charge in [-0.15, -0.1) is 0 Å². The number of halogens is 1. The number of aromatic amines is 2. The van der Waals surface area contributed by atoms with Gasteiger partial charge in [0.2, 0.25) is 23.3 Å². The molecule has 12 aromatic heterocycles. The van der Waals surface area contributed by atoms with Crippen LogP contribution in [0.3, 0.4) is 0 Å². The number of rotatable bonds is 13. The second kappa shape index (κ2) is 51.4. The number of carbonyl (C=O) groups excluding carboxylic acids is 3. The molecule has 0 atom stereocenters. The second-order valence-corrected chi connectivity index (χ2v) is 35.5. The monoisotopic (exact) mass is 1960 g/mol. The van der Waals surface area contributed by atoms with E-state index in [1.807, 2.05) is 171 Å². The van der Waals surface area contributed by atoms with Crippen molar-refractivity contribution in [3.8, 4) is 5.88 Å². The first kappa shape index (κ1) is 115. The van der Waals surface area contributed by atoms with Crippen molar-refractivity contribution in [3.05, 3.63) is 222 Å². The van der Waals surface area contributed by atoms with E-state index in [0.29, 0.717) is 170 Å². The molecular formula is C96H142FN39O6. The van der Waals surface area contributed by atoms with Gasteiger partial charge in [-0.2, -0.15) is 24.6 Å². The number of amidine groups is 1. The molecule has 17 rings (SSSR count). The first-order valence-corrected chi connectivity index (χ1v) is 45.8. The summed E-state index contributed by atoms with van der Waals surface area (Å²) >= 11 is 0. The van der Waals surface area contributed by atoms with Gasteiger partial charge in [0.1, 0.15) is 93.8 Å². The molecule has 0 unspecified atom stereocenters. The number of nitrogens with zero attached hydrogens (tertiary/aromatic N) is 29. The number of aryl methyl sites for hydroxylation is 4. The summed E-state index contributed by atoms with van der Waals surface area (Å²) in [6.07, 6.45) is 23.1. The normalized spacial score (nSPS) is 13.8. The molecule has 5 aliphatic heterocycles. The molecule has 0 radical (unpaired) electrons. The van der Waals surface area contributed by atoms with Crippen molar-refractivity contribution < 1.29 is 23.5 Å². The smallest absolute Gasteiger partial charge is 0.294 e. The van der Waals surface area contributed by atoms with Gasteiger partial charge >= 0.3 is 0 Å². The Morgan fingerprint density at radius 1 is 0.430 bits per heavy atom. The summed E-state index contributed by atoms with van der Waals surface area (Å²) in [5, 5.41) is 16.0. The first-order chi connectivity index (χ1) is 66.2. The van der Waals surface area contributed by atoms with E-state index < -0.39 is 11.7 Å². The highest BCUT2D eigenvalue weighted by Gasteiger charge is 2.25. The van der Waals surface area contributed by atoms with Crippen molar-refractivity contribution >= 4 is 109 Å². The van der Waals surface area contributed by atoms with Crippen LogP contribution < -0.4 is 60.5 Å². The van der Waals surface area contributed by atoms with Crippen molar-refractivity contribution in [2.24, 2.45) is 26.4 Å². The number of imidazole rings is 5. The molecule has 45 nitrogen and oxygen atoms in total. The summed E-state index contributed by atoms with van der Waals surface area (Å²) in [5.74, 6) is 7.52. The predicted molar refractivity (Wildman–Crippen MR) is 558 cm³/mol. The SMILES string of the molecule is C.C=C1N=C(N)C=CN1C(C)C.C=C1N=C(N)N=CN1C(C)C.C=C1NC(=O)C(C)=CN1C(C)C.C=C1NC(=O)C(F)=CN1C(C)C.C=C1NC(=O)C=CN1C(C)C.CC(C)c1ccc2c(N)ncnn12.CC(C)n1cnc2c(N)ncnc21.CCOc1nc(C)nc2c1ncn2C(C)C.Cc1nc(N)c2ncn(C(C)C)c2n1.Cc1nc2c(ncn2C(C)C)c(=O)[nH]1.Cc1nn2c(C(C)C)cnc2c(=O)[nH]1. The predicted octanol–water partition coefficient (Wildman–Crippen LogP) is 13.0. The van der Waals surface area contributed by atoms with Crippen molar-refractivity contribution in [1.29, 1.82) is 0 Å². The number of fused-ring (bicyclic) bond motifs is 6. The fourth-order valence-electron chi connectivity index (χ4n) is 13.4. The van der Waals surface area contributed by atoms with Gasteiger partial charge in [-0.25, -0.2) is 78.8 Å². The zero-order chi connectivity index (χ0) is 105. The Hall–Kier alpha value is -16.2. The Balaban J connectivity index is 0.000000239. The van der Waals surface area contributed by atoms with Gasteiger partial charge in [0.05, 0.1) is 43.8 Å². The maximum Gasteiger partial charge on any atom is 0.294 e. The van der Waals surface area contributed by atoms with E-state index in [1.165, 1.54) is 18.7 Å². The highest BCUT2D eigenvalue weighted by molar-refractivity contribution is 5.95. The lowest BCUT2D eigenvalue weighted by Crippen LogP contribution is -2.40. The van der Waals surface area contributed by atoms with Crippen LogP contribution in [0.25, 0.3) is 55.8 Å². The molecule has 12 aromatic rings. The van der Waals surface area contributed by atoms with Crippen LogP contribution in [0.5, 0.6) is 5.88 Å². The average molecular weight is 1960 g/mol. The average Bonchev–Trinajstić information content (AvgIpc) is 1.67. The minimum absolute atomic E-state index is 0. The number of guanidine groups is 1. The molecule has 0 saturated carbocycles. The van der Waals surface area contributed by atoms with Crippen LogP contribution >= 0.6 is 0 Å². The third-order valence-electron chi connectivity index (χ3n) is 20.6. The molecule has 0 saturated heterocycles. The molecule has 0 aliphatic carbocycles. The lowest BCUT2D eigenvalue weighted by atomic mass is 10.1. The van der Waals surface area contributed by atoms with Crippen molar-refractivity contribution in [2.45, 2.75) is 268 Å². The number of nitrogens with two attached hydrogens (primary N) is 5. The third-order valence-corrected chi connectivity index (χ3v) is 20.6. The summed E-state index contributed by atoms with van der Waals surface area (Å²) in [7, 11) is 0. The number of carbonyl (C=O) groups is 3. The Bertz CT molecular complexity index is 6520. The van der Waals surface area contributed by atoms with Crippen LogP contribution in [0.4, 0.5) is 21.8 Å². The van der Waals surface area contributed by atoms with Crippen LogP contribution in [-0.2, 0) is 14.4 Å². The molecule has 0 bridgehead atoms. The van der Waals surface area contributed by atoms with Crippen molar-refractivity contribution in [3.63, 3.8) is 0 Å². The molecular weight excluding hydrogens is 1810 g/mol. The molecule has 0 aromatic carbocycles. The molecule has 17 heterocycles. The Kier molecular flexibility index (Phi) is 41.5. The Morgan fingerprint density at radius 3 is 1.42 bits per heavy atom. The number of nitrogen functional groups attached to an aromatic ring is 3.